The van der Waals surface area contributed by atoms with Crippen LogP contribution in [0.5, 0.6) is 0 Å². The molecule has 1 fully saturated rings. The Kier molecular flexibility index (Phi) is 5.76. The molecule has 2 N–H and O–H groups in total. The van der Waals surface area contributed by atoms with Crippen molar-refractivity contribution >= 4 is 15.7 Å². The molecule has 0 aromatic carbocycles. The first-order valence-corrected chi connectivity index (χ1v) is 8.68. The van der Waals surface area contributed by atoms with E-state index in [9.17, 15) is 13.2 Å². The van der Waals surface area contributed by atoms with Crippen molar-refractivity contribution in [2.45, 2.75) is 44.9 Å². The van der Waals surface area contributed by atoms with Crippen LogP contribution in [-0.4, -0.2) is 62.6 Å². The van der Waals surface area contributed by atoms with Crippen molar-refractivity contribution in [2.75, 3.05) is 25.1 Å². The molecule has 0 aliphatic carbocycles. The van der Waals surface area contributed by atoms with Gasteiger partial charge in [0, 0.05) is 25.4 Å². The number of hydrogen-bond acceptors (Lipinski definition) is 5. The van der Waals surface area contributed by atoms with E-state index in [-0.39, 0.29) is 23.8 Å². The average molecular weight is 292 g/mol. The van der Waals surface area contributed by atoms with Crippen molar-refractivity contribution < 1.29 is 17.9 Å². The number of nitrogens with two attached hydrogens (primary N) is 1. The van der Waals surface area contributed by atoms with Crippen LogP contribution >= 0.6 is 0 Å². The number of amides is 1. The molecule has 3 atom stereocenters. The summed E-state index contributed by atoms with van der Waals surface area (Å²) in [5.41, 5.74) is 5.52. The molecule has 0 aromatic heterocycles. The summed E-state index contributed by atoms with van der Waals surface area (Å²) in [5, 5.41) is 0. The summed E-state index contributed by atoms with van der Waals surface area (Å²) < 4.78 is 28.2. The molecule has 7 heteroatoms. The van der Waals surface area contributed by atoms with Crippen LogP contribution in [0.1, 0.15) is 26.7 Å². The summed E-state index contributed by atoms with van der Waals surface area (Å²) >= 11 is 0. The fourth-order valence-corrected chi connectivity index (χ4v) is 3.51. The second kappa shape index (κ2) is 6.67. The number of sulfone groups is 1. The molecule has 0 bridgehead atoms. The van der Waals surface area contributed by atoms with Crippen LogP contribution in [0.3, 0.4) is 0 Å². The van der Waals surface area contributed by atoms with Crippen LogP contribution in [-0.2, 0) is 19.4 Å². The molecule has 112 valence electrons. The Bertz CT molecular complexity index is 410. The van der Waals surface area contributed by atoms with Gasteiger partial charge in [0.15, 0.2) is 0 Å². The summed E-state index contributed by atoms with van der Waals surface area (Å²) in [4.78, 5) is 13.9. The number of likely N-dealkylation sites (N-methyl/N-ethyl adjacent to an activating group) is 1. The number of carbonyl (C=O) groups excluding carboxylic acids is 1. The third kappa shape index (κ3) is 4.74. The van der Waals surface area contributed by atoms with E-state index in [0.29, 0.717) is 19.5 Å². The Morgan fingerprint density at radius 2 is 2.11 bits per heavy atom. The third-order valence-corrected chi connectivity index (χ3v) is 4.43. The van der Waals surface area contributed by atoms with Crippen LogP contribution in [0, 0.1) is 0 Å². The predicted octanol–water partition coefficient (Wildman–Crippen LogP) is -0.226. The average Bonchev–Trinajstić information content (AvgIpc) is 2.75. The SMILES string of the molecule is CCN(C(=O)[C@@H]1CC[C@H](CN)O1)C(C)CS(C)(=O)=O. The van der Waals surface area contributed by atoms with Crippen LogP contribution in [0.25, 0.3) is 0 Å². The molecule has 1 rings (SSSR count). The van der Waals surface area contributed by atoms with E-state index in [1.54, 1.807) is 11.8 Å². The molecule has 0 spiro atoms. The van der Waals surface area contributed by atoms with Gasteiger partial charge in [-0.05, 0) is 26.7 Å². The maximum absolute atomic E-state index is 12.3. The lowest BCUT2D eigenvalue weighted by molar-refractivity contribution is -0.144. The molecule has 6 nitrogen and oxygen atoms in total. The molecule has 19 heavy (non-hydrogen) atoms. The maximum atomic E-state index is 12.3. The molecule has 1 heterocycles. The van der Waals surface area contributed by atoms with E-state index < -0.39 is 15.9 Å². The monoisotopic (exact) mass is 292 g/mol. The van der Waals surface area contributed by atoms with Gasteiger partial charge in [-0.15, -0.1) is 0 Å². The molecule has 1 saturated heterocycles. The molecule has 0 aromatic rings. The van der Waals surface area contributed by atoms with Gasteiger partial charge in [0.2, 0.25) is 0 Å². The molecule has 0 saturated carbocycles. The Hall–Kier alpha value is -0.660. The Morgan fingerprint density at radius 3 is 2.53 bits per heavy atom. The van der Waals surface area contributed by atoms with Crippen molar-refractivity contribution in [2.24, 2.45) is 5.73 Å². The number of nitrogens with zero attached hydrogens (tertiary/aromatic N) is 1. The lowest BCUT2D eigenvalue weighted by atomic mass is 10.1. The minimum absolute atomic E-state index is 0.0282. The number of hydrogen-bond donors (Lipinski definition) is 1. The second-order valence-corrected chi connectivity index (χ2v) is 7.31. The van der Waals surface area contributed by atoms with Gasteiger partial charge in [0.1, 0.15) is 15.9 Å². The highest BCUT2D eigenvalue weighted by Crippen LogP contribution is 2.21. The third-order valence-electron chi connectivity index (χ3n) is 3.35. The lowest BCUT2D eigenvalue weighted by Gasteiger charge is -2.29. The summed E-state index contributed by atoms with van der Waals surface area (Å²) in [6.07, 6.45) is 2.08. The van der Waals surface area contributed by atoms with E-state index in [2.05, 4.69) is 0 Å². The predicted molar refractivity (Wildman–Crippen MR) is 73.5 cm³/mol. The summed E-state index contributed by atoms with van der Waals surface area (Å²) in [7, 11) is -3.11. The summed E-state index contributed by atoms with van der Waals surface area (Å²) in [6.45, 7) is 4.47. The minimum Gasteiger partial charge on any atom is -0.364 e. The summed E-state index contributed by atoms with van der Waals surface area (Å²) in [6, 6.07) is -0.340. The van der Waals surface area contributed by atoms with E-state index in [4.69, 9.17) is 10.5 Å². The normalized spacial score (nSPS) is 25.3. The first-order valence-electron chi connectivity index (χ1n) is 6.62. The molecule has 0 radical (unpaired) electrons. The van der Waals surface area contributed by atoms with Crippen molar-refractivity contribution in [3.63, 3.8) is 0 Å². The zero-order chi connectivity index (χ0) is 14.6. The van der Waals surface area contributed by atoms with Crippen LogP contribution in [0.2, 0.25) is 0 Å². The largest absolute Gasteiger partial charge is 0.364 e. The van der Waals surface area contributed by atoms with E-state index in [1.165, 1.54) is 6.26 Å². The lowest BCUT2D eigenvalue weighted by Crippen LogP contribution is -2.47. The van der Waals surface area contributed by atoms with Crippen molar-refractivity contribution in [1.29, 1.82) is 0 Å². The van der Waals surface area contributed by atoms with Crippen molar-refractivity contribution in [1.82, 2.24) is 4.90 Å². The van der Waals surface area contributed by atoms with Gasteiger partial charge in [-0.3, -0.25) is 4.79 Å². The number of carbonyl (C=O) groups is 1. The first-order chi connectivity index (χ1) is 8.78. The van der Waals surface area contributed by atoms with Crippen LogP contribution in [0.4, 0.5) is 0 Å². The van der Waals surface area contributed by atoms with Gasteiger partial charge >= 0.3 is 0 Å². The van der Waals surface area contributed by atoms with E-state index >= 15 is 0 Å². The maximum Gasteiger partial charge on any atom is 0.251 e. The van der Waals surface area contributed by atoms with Crippen molar-refractivity contribution in [3.05, 3.63) is 0 Å². The van der Waals surface area contributed by atoms with Crippen LogP contribution < -0.4 is 5.73 Å². The van der Waals surface area contributed by atoms with Crippen molar-refractivity contribution in [3.8, 4) is 0 Å². The zero-order valence-electron chi connectivity index (χ0n) is 11.8. The highest BCUT2D eigenvalue weighted by Gasteiger charge is 2.34. The standard InChI is InChI=1S/C12H24N2O4S/c1-4-14(9(2)8-19(3,16)17)12(15)11-6-5-10(7-13)18-11/h9-11H,4-8,13H2,1-3H3/t9?,10-,11+/m1/s1. The summed E-state index contributed by atoms with van der Waals surface area (Å²) in [5.74, 6) is -0.158. The molecular weight excluding hydrogens is 268 g/mol. The second-order valence-electron chi connectivity index (χ2n) is 5.13. The molecular formula is C12H24N2O4S. The van der Waals surface area contributed by atoms with Gasteiger partial charge in [-0.2, -0.15) is 0 Å². The molecule has 1 unspecified atom stereocenters. The quantitative estimate of drug-likeness (QED) is 0.730. The smallest absolute Gasteiger partial charge is 0.251 e. The van der Waals surface area contributed by atoms with E-state index in [0.717, 1.165) is 6.42 Å². The fourth-order valence-electron chi connectivity index (χ4n) is 2.46. The first kappa shape index (κ1) is 16.4. The Morgan fingerprint density at radius 1 is 1.47 bits per heavy atom. The number of ether oxygens (including phenoxy) is 1. The Labute approximate surface area is 115 Å². The van der Waals surface area contributed by atoms with E-state index in [1.807, 2.05) is 6.92 Å². The minimum atomic E-state index is -3.11. The highest BCUT2D eigenvalue weighted by molar-refractivity contribution is 7.90. The van der Waals surface area contributed by atoms with Gasteiger partial charge < -0.3 is 15.4 Å². The molecule has 1 aliphatic heterocycles. The zero-order valence-corrected chi connectivity index (χ0v) is 12.6. The number of rotatable bonds is 6. The fraction of sp³-hybridized carbons (Fsp3) is 0.917. The topological polar surface area (TPSA) is 89.7 Å². The van der Waals surface area contributed by atoms with Gasteiger partial charge in [0.25, 0.3) is 5.91 Å². The van der Waals surface area contributed by atoms with Gasteiger partial charge in [-0.1, -0.05) is 0 Å². The van der Waals surface area contributed by atoms with Crippen LogP contribution in [0.15, 0.2) is 0 Å². The molecule has 1 aliphatic rings. The Balaban J connectivity index is 2.66. The highest BCUT2D eigenvalue weighted by atomic mass is 32.2. The molecule has 1 amide bonds. The van der Waals surface area contributed by atoms with Gasteiger partial charge in [-0.25, -0.2) is 8.42 Å². The van der Waals surface area contributed by atoms with Gasteiger partial charge in [0.05, 0.1) is 11.9 Å².